The molecule has 0 saturated carbocycles. The number of amides is 2. The molecular formula is C19H21N3O5. The van der Waals surface area contributed by atoms with Gasteiger partial charge < -0.3 is 29.5 Å². The van der Waals surface area contributed by atoms with Gasteiger partial charge in [0.2, 0.25) is 5.91 Å². The molecule has 27 heavy (non-hydrogen) atoms. The lowest BCUT2D eigenvalue weighted by molar-refractivity contribution is -0.121. The molecule has 2 aromatic heterocycles. The summed E-state index contributed by atoms with van der Waals surface area (Å²) < 4.78 is 15.8. The van der Waals surface area contributed by atoms with Gasteiger partial charge in [-0.05, 0) is 30.3 Å². The molecular weight excluding hydrogens is 350 g/mol. The van der Waals surface area contributed by atoms with Gasteiger partial charge in [0.15, 0.2) is 11.5 Å². The van der Waals surface area contributed by atoms with E-state index in [0.29, 0.717) is 29.5 Å². The summed E-state index contributed by atoms with van der Waals surface area (Å²) in [6, 6.07) is 8.81. The number of methoxy groups -OCH3 is 2. The first-order valence-corrected chi connectivity index (χ1v) is 8.43. The van der Waals surface area contributed by atoms with Gasteiger partial charge in [-0.25, -0.2) is 0 Å². The lowest BCUT2D eigenvalue weighted by atomic mass is 10.2. The number of benzene rings is 1. The van der Waals surface area contributed by atoms with Gasteiger partial charge in [0.05, 0.1) is 32.5 Å². The van der Waals surface area contributed by atoms with E-state index >= 15 is 0 Å². The van der Waals surface area contributed by atoms with Gasteiger partial charge in [-0.15, -0.1) is 0 Å². The van der Waals surface area contributed by atoms with Gasteiger partial charge in [0.1, 0.15) is 11.5 Å². The smallest absolute Gasteiger partial charge is 0.267 e. The van der Waals surface area contributed by atoms with Crippen LogP contribution in [-0.4, -0.2) is 37.6 Å². The first-order chi connectivity index (χ1) is 13.1. The molecule has 0 aliphatic heterocycles. The molecule has 2 heterocycles. The van der Waals surface area contributed by atoms with Gasteiger partial charge >= 0.3 is 0 Å². The number of rotatable bonds is 8. The molecule has 0 aliphatic rings. The number of fused-ring (bicyclic) bond motifs is 1. The van der Waals surface area contributed by atoms with Gasteiger partial charge in [0, 0.05) is 18.4 Å². The SMILES string of the molecule is COc1ccc2[nH]c(C(=O)NCCC(=O)NCc3ccco3)cc2c1OC. The zero-order valence-electron chi connectivity index (χ0n) is 15.1. The number of H-pyrrole nitrogens is 1. The molecule has 142 valence electrons. The van der Waals surface area contributed by atoms with E-state index < -0.39 is 0 Å². The highest BCUT2D eigenvalue weighted by Crippen LogP contribution is 2.35. The van der Waals surface area contributed by atoms with Crippen molar-refractivity contribution < 1.29 is 23.5 Å². The summed E-state index contributed by atoms with van der Waals surface area (Å²) in [5.41, 5.74) is 1.14. The molecule has 0 spiro atoms. The molecule has 0 atom stereocenters. The third-order valence-electron chi connectivity index (χ3n) is 4.06. The molecule has 0 radical (unpaired) electrons. The van der Waals surface area contributed by atoms with Gasteiger partial charge in [-0.2, -0.15) is 0 Å². The fourth-order valence-electron chi connectivity index (χ4n) is 2.72. The van der Waals surface area contributed by atoms with Crippen molar-refractivity contribution in [2.75, 3.05) is 20.8 Å². The van der Waals surface area contributed by atoms with Crippen LogP contribution in [0.4, 0.5) is 0 Å². The van der Waals surface area contributed by atoms with Crippen molar-refractivity contribution in [3.05, 3.63) is 48.0 Å². The molecule has 8 heteroatoms. The summed E-state index contributed by atoms with van der Waals surface area (Å²) >= 11 is 0. The lowest BCUT2D eigenvalue weighted by Gasteiger charge is -2.07. The number of carbonyl (C=O) groups excluding carboxylic acids is 2. The largest absolute Gasteiger partial charge is 0.493 e. The maximum Gasteiger partial charge on any atom is 0.267 e. The van der Waals surface area contributed by atoms with Crippen molar-refractivity contribution in [2.24, 2.45) is 0 Å². The van der Waals surface area contributed by atoms with Crippen LogP contribution in [0, 0.1) is 0 Å². The Morgan fingerprint density at radius 1 is 1.15 bits per heavy atom. The van der Waals surface area contributed by atoms with E-state index in [1.807, 2.05) is 6.07 Å². The highest BCUT2D eigenvalue weighted by atomic mass is 16.5. The Labute approximate surface area is 155 Å². The molecule has 3 rings (SSSR count). The van der Waals surface area contributed by atoms with Gasteiger partial charge in [-0.3, -0.25) is 9.59 Å². The van der Waals surface area contributed by atoms with Crippen LogP contribution in [0.2, 0.25) is 0 Å². The number of hydrogen-bond donors (Lipinski definition) is 3. The van der Waals surface area contributed by atoms with E-state index in [2.05, 4.69) is 15.6 Å². The second kappa shape index (κ2) is 8.31. The lowest BCUT2D eigenvalue weighted by Crippen LogP contribution is -2.30. The number of aromatic nitrogens is 1. The highest BCUT2D eigenvalue weighted by Gasteiger charge is 2.15. The van der Waals surface area contributed by atoms with Crippen LogP contribution in [0.1, 0.15) is 22.7 Å². The Bertz CT molecular complexity index is 930. The van der Waals surface area contributed by atoms with Crippen LogP contribution in [0.25, 0.3) is 10.9 Å². The topological polar surface area (TPSA) is 106 Å². The predicted molar refractivity (Wildman–Crippen MR) is 98.9 cm³/mol. The van der Waals surface area contributed by atoms with Crippen LogP contribution < -0.4 is 20.1 Å². The van der Waals surface area contributed by atoms with Crippen LogP contribution in [-0.2, 0) is 11.3 Å². The second-order valence-electron chi connectivity index (χ2n) is 5.81. The van der Waals surface area contributed by atoms with E-state index in [1.165, 1.54) is 0 Å². The monoisotopic (exact) mass is 371 g/mol. The molecule has 0 saturated heterocycles. The maximum absolute atomic E-state index is 12.3. The van der Waals surface area contributed by atoms with Crippen molar-refractivity contribution in [2.45, 2.75) is 13.0 Å². The summed E-state index contributed by atoms with van der Waals surface area (Å²) in [7, 11) is 3.10. The Morgan fingerprint density at radius 3 is 2.70 bits per heavy atom. The Balaban J connectivity index is 1.55. The van der Waals surface area contributed by atoms with Crippen LogP contribution in [0.3, 0.4) is 0 Å². The minimum atomic E-state index is -0.300. The van der Waals surface area contributed by atoms with Crippen molar-refractivity contribution in [3.8, 4) is 11.5 Å². The first-order valence-electron chi connectivity index (χ1n) is 8.43. The molecule has 0 aliphatic carbocycles. The predicted octanol–water partition coefficient (Wildman–Crippen LogP) is 2.21. The number of hydrogen-bond acceptors (Lipinski definition) is 5. The minimum Gasteiger partial charge on any atom is -0.493 e. The molecule has 0 unspecified atom stereocenters. The van der Waals surface area contributed by atoms with Crippen LogP contribution >= 0.6 is 0 Å². The number of aromatic amines is 1. The molecule has 0 fully saturated rings. The highest BCUT2D eigenvalue weighted by molar-refractivity contribution is 6.00. The molecule has 2 amide bonds. The number of ether oxygens (including phenoxy) is 2. The van der Waals surface area contributed by atoms with Crippen molar-refractivity contribution in [1.82, 2.24) is 15.6 Å². The summed E-state index contributed by atoms with van der Waals surface area (Å²) in [5.74, 6) is 1.35. The van der Waals surface area contributed by atoms with E-state index in [0.717, 1.165) is 10.9 Å². The average Bonchev–Trinajstić information content (AvgIpc) is 3.34. The summed E-state index contributed by atoms with van der Waals surface area (Å²) in [6.45, 7) is 0.544. The van der Waals surface area contributed by atoms with E-state index in [9.17, 15) is 9.59 Å². The van der Waals surface area contributed by atoms with E-state index in [1.54, 1.807) is 44.7 Å². The fraction of sp³-hybridized carbons (Fsp3) is 0.263. The zero-order valence-corrected chi connectivity index (χ0v) is 15.1. The third-order valence-corrected chi connectivity index (χ3v) is 4.06. The number of carbonyl (C=O) groups is 2. The van der Waals surface area contributed by atoms with Crippen molar-refractivity contribution >= 4 is 22.7 Å². The summed E-state index contributed by atoms with van der Waals surface area (Å²) in [4.78, 5) is 27.2. The van der Waals surface area contributed by atoms with Crippen molar-refractivity contribution in [3.63, 3.8) is 0 Å². The summed E-state index contributed by atoms with van der Waals surface area (Å²) in [6.07, 6.45) is 1.72. The number of furan rings is 1. The third kappa shape index (κ3) is 4.22. The van der Waals surface area contributed by atoms with Gasteiger partial charge in [0.25, 0.3) is 5.91 Å². The molecule has 8 nitrogen and oxygen atoms in total. The standard InChI is InChI=1S/C19H21N3O5/c1-25-16-6-5-14-13(18(16)26-2)10-15(22-14)19(24)20-8-7-17(23)21-11-12-4-3-9-27-12/h3-6,9-10,22H,7-8,11H2,1-2H3,(H,20,24)(H,21,23). The average molecular weight is 371 g/mol. The second-order valence-corrected chi connectivity index (χ2v) is 5.81. The molecule has 0 bridgehead atoms. The van der Waals surface area contributed by atoms with Crippen LogP contribution in [0.5, 0.6) is 11.5 Å². The van der Waals surface area contributed by atoms with Crippen molar-refractivity contribution in [1.29, 1.82) is 0 Å². The minimum absolute atomic E-state index is 0.170. The van der Waals surface area contributed by atoms with Crippen LogP contribution in [0.15, 0.2) is 41.0 Å². The quantitative estimate of drug-likeness (QED) is 0.563. The van der Waals surface area contributed by atoms with E-state index in [4.69, 9.17) is 13.9 Å². The van der Waals surface area contributed by atoms with Gasteiger partial charge in [-0.1, -0.05) is 0 Å². The Hall–Kier alpha value is -3.42. The fourth-order valence-corrected chi connectivity index (χ4v) is 2.72. The molecule has 1 aromatic carbocycles. The Kier molecular flexibility index (Phi) is 5.65. The molecule has 3 N–H and O–H groups in total. The number of nitrogens with one attached hydrogen (secondary N) is 3. The zero-order chi connectivity index (χ0) is 19.2. The Morgan fingerprint density at radius 2 is 2.00 bits per heavy atom. The normalized spacial score (nSPS) is 10.6. The maximum atomic E-state index is 12.3. The molecule has 3 aromatic rings. The summed E-state index contributed by atoms with van der Waals surface area (Å²) in [5, 5.41) is 6.20. The van der Waals surface area contributed by atoms with E-state index in [-0.39, 0.29) is 24.8 Å². The first kappa shape index (κ1) is 18.4.